The molecule has 1 rings (SSSR count). The Morgan fingerprint density at radius 1 is 1.39 bits per heavy atom. The van der Waals surface area contributed by atoms with Gasteiger partial charge in [0.15, 0.2) is 0 Å². The second kappa shape index (κ2) is 7.41. The zero-order valence-corrected chi connectivity index (χ0v) is 11.4. The molecule has 0 bridgehead atoms. The molecule has 1 unspecified atom stereocenters. The van der Waals surface area contributed by atoms with Gasteiger partial charge in [-0.2, -0.15) is 0 Å². The van der Waals surface area contributed by atoms with Gasteiger partial charge in [0, 0.05) is 15.8 Å². The molecule has 0 saturated carbocycles. The molecular weight excluding hydrogens is 274 g/mol. The maximum Gasteiger partial charge on any atom is 0.257 e. The number of rotatable bonds is 5. The SMILES string of the molecule is CC(CO)SCC(=O)NC(=O)c1ccc(Cl)cc1. The minimum absolute atomic E-state index is 0.00305. The molecule has 1 atom stereocenters. The molecule has 0 saturated heterocycles. The Morgan fingerprint density at radius 2 is 2.00 bits per heavy atom. The number of nitrogens with one attached hydrogen (secondary N) is 1. The van der Waals surface area contributed by atoms with E-state index in [0.717, 1.165) is 0 Å². The van der Waals surface area contributed by atoms with Crippen molar-refractivity contribution in [3.05, 3.63) is 34.9 Å². The summed E-state index contributed by atoms with van der Waals surface area (Å²) in [4.78, 5) is 23.1. The minimum Gasteiger partial charge on any atom is -0.395 e. The highest BCUT2D eigenvalue weighted by atomic mass is 35.5. The molecule has 2 amide bonds. The maximum absolute atomic E-state index is 11.6. The highest BCUT2D eigenvalue weighted by Gasteiger charge is 2.11. The Labute approximate surface area is 115 Å². The van der Waals surface area contributed by atoms with E-state index >= 15 is 0 Å². The molecule has 0 aliphatic rings. The van der Waals surface area contributed by atoms with Crippen molar-refractivity contribution >= 4 is 35.2 Å². The first-order chi connectivity index (χ1) is 8.52. The van der Waals surface area contributed by atoms with E-state index in [2.05, 4.69) is 5.32 Å². The zero-order chi connectivity index (χ0) is 13.5. The largest absolute Gasteiger partial charge is 0.395 e. The number of aliphatic hydroxyl groups excluding tert-OH is 1. The van der Waals surface area contributed by atoms with E-state index < -0.39 is 5.91 Å². The molecule has 4 nitrogen and oxygen atoms in total. The molecule has 0 aliphatic carbocycles. The normalized spacial score (nSPS) is 11.9. The summed E-state index contributed by atoms with van der Waals surface area (Å²) in [5.41, 5.74) is 0.382. The molecule has 98 valence electrons. The van der Waals surface area contributed by atoms with Crippen LogP contribution >= 0.6 is 23.4 Å². The summed E-state index contributed by atoms with van der Waals surface area (Å²) in [6.45, 7) is 1.81. The van der Waals surface area contributed by atoms with Gasteiger partial charge in [0.25, 0.3) is 5.91 Å². The van der Waals surface area contributed by atoms with Crippen molar-refractivity contribution in [2.24, 2.45) is 0 Å². The number of carbonyl (C=O) groups is 2. The minimum atomic E-state index is -0.450. The van der Waals surface area contributed by atoms with Crippen LogP contribution in [-0.4, -0.2) is 34.5 Å². The average molecular weight is 288 g/mol. The number of hydrogen-bond donors (Lipinski definition) is 2. The van der Waals surface area contributed by atoms with E-state index in [1.165, 1.54) is 11.8 Å². The fraction of sp³-hybridized carbons (Fsp3) is 0.333. The van der Waals surface area contributed by atoms with Gasteiger partial charge < -0.3 is 5.11 Å². The van der Waals surface area contributed by atoms with Crippen molar-refractivity contribution in [3.8, 4) is 0 Å². The van der Waals surface area contributed by atoms with Gasteiger partial charge in [0.05, 0.1) is 12.4 Å². The molecule has 0 aliphatic heterocycles. The summed E-state index contributed by atoms with van der Waals surface area (Å²) < 4.78 is 0. The molecule has 0 fully saturated rings. The predicted octanol–water partition coefficient (Wildman–Crippen LogP) is 1.71. The molecule has 0 spiro atoms. The van der Waals surface area contributed by atoms with Gasteiger partial charge in [-0.3, -0.25) is 14.9 Å². The van der Waals surface area contributed by atoms with Crippen molar-refractivity contribution in [3.63, 3.8) is 0 Å². The van der Waals surface area contributed by atoms with Crippen molar-refractivity contribution in [2.45, 2.75) is 12.2 Å². The van der Waals surface area contributed by atoms with Crippen molar-refractivity contribution in [1.29, 1.82) is 0 Å². The van der Waals surface area contributed by atoms with Crippen LogP contribution in [0.15, 0.2) is 24.3 Å². The second-order valence-corrected chi connectivity index (χ2v) is 5.55. The van der Waals surface area contributed by atoms with Crippen LogP contribution in [-0.2, 0) is 4.79 Å². The molecule has 1 aromatic carbocycles. The zero-order valence-electron chi connectivity index (χ0n) is 9.85. The fourth-order valence-corrected chi connectivity index (χ4v) is 1.85. The van der Waals surface area contributed by atoms with Crippen LogP contribution in [0.3, 0.4) is 0 Å². The third-order valence-electron chi connectivity index (χ3n) is 2.12. The lowest BCUT2D eigenvalue weighted by Gasteiger charge is -2.07. The Kier molecular flexibility index (Phi) is 6.18. The van der Waals surface area contributed by atoms with E-state index in [0.29, 0.717) is 10.6 Å². The molecule has 18 heavy (non-hydrogen) atoms. The van der Waals surface area contributed by atoms with Crippen molar-refractivity contribution in [1.82, 2.24) is 5.32 Å². The topological polar surface area (TPSA) is 66.4 Å². The first kappa shape index (κ1) is 15.0. The number of imide groups is 1. The standard InChI is InChI=1S/C12H14ClNO3S/c1-8(6-15)18-7-11(16)14-12(17)9-2-4-10(13)5-3-9/h2-5,8,15H,6-7H2,1H3,(H,14,16,17). The highest BCUT2D eigenvalue weighted by Crippen LogP contribution is 2.10. The third kappa shape index (κ3) is 5.08. The first-order valence-electron chi connectivity index (χ1n) is 5.35. The van der Waals surface area contributed by atoms with E-state index in [9.17, 15) is 9.59 Å². The summed E-state index contributed by atoms with van der Waals surface area (Å²) >= 11 is 6.99. The lowest BCUT2D eigenvalue weighted by Crippen LogP contribution is -2.32. The summed E-state index contributed by atoms with van der Waals surface area (Å²) in [6, 6.07) is 6.27. The van der Waals surface area contributed by atoms with Gasteiger partial charge in [-0.25, -0.2) is 0 Å². The molecule has 0 heterocycles. The molecule has 0 aromatic heterocycles. The Hall–Kier alpha value is -1.04. The van der Waals surface area contributed by atoms with Crippen LogP contribution in [0.5, 0.6) is 0 Å². The number of thioether (sulfide) groups is 1. The monoisotopic (exact) mass is 287 g/mol. The lowest BCUT2D eigenvalue weighted by molar-refractivity contribution is -0.117. The van der Waals surface area contributed by atoms with Gasteiger partial charge in [-0.1, -0.05) is 18.5 Å². The Bertz CT molecular complexity index is 422. The van der Waals surface area contributed by atoms with Gasteiger partial charge in [0.2, 0.25) is 5.91 Å². The van der Waals surface area contributed by atoms with Crippen LogP contribution in [0, 0.1) is 0 Å². The molecular formula is C12H14ClNO3S. The molecule has 0 radical (unpaired) electrons. The second-order valence-electron chi connectivity index (χ2n) is 3.69. The number of aliphatic hydroxyl groups is 1. The summed E-state index contributed by atoms with van der Waals surface area (Å²) in [5, 5.41) is 11.6. The summed E-state index contributed by atoms with van der Waals surface area (Å²) in [6.07, 6.45) is 0. The number of carbonyl (C=O) groups excluding carboxylic acids is 2. The van der Waals surface area contributed by atoms with Gasteiger partial charge >= 0.3 is 0 Å². The van der Waals surface area contributed by atoms with E-state index in [1.54, 1.807) is 31.2 Å². The van der Waals surface area contributed by atoms with Gasteiger partial charge in [0.1, 0.15) is 0 Å². The van der Waals surface area contributed by atoms with E-state index in [1.807, 2.05) is 0 Å². The van der Waals surface area contributed by atoms with Gasteiger partial charge in [-0.05, 0) is 24.3 Å². The highest BCUT2D eigenvalue weighted by molar-refractivity contribution is 8.00. The first-order valence-corrected chi connectivity index (χ1v) is 6.78. The fourth-order valence-electron chi connectivity index (χ4n) is 1.11. The molecule has 2 N–H and O–H groups in total. The van der Waals surface area contributed by atoms with Gasteiger partial charge in [-0.15, -0.1) is 11.8 Å². The van der Waals surface area contributed by atoms with Crippen LogP contribution < -0.4 is 5.32 Å². The quantitative estimate of drug-likeness (QED) is 0.865. The number of amides is 2. The third-order valence-corrected chi connectivity index (χ3v) is 3.51. The Morgan fingerprint density at radius 3 is 2.56 bits per heavy atom. The van der Waals surface area contributed by atoms with Crippen molar-refractivity contribution in [2.75, 3.05) is 12.4 Å². The summed E-state index contributed by atoms with van der Waals surface area (Å²) in [7, 11) is 0. The number of halogens is 1. The Balaban J connectivity index is 2.44. The summed E-state index contributed by atoms with van der Waals surface area (Å²) in [5.74, 6) is -0.685. The van der Waals surface area contributed by atoms with Crippen LogP contribution in [0.4, 0.5) is 0 Å². The van der Waals surface area contributed by atoms with Crippen LogP contribution in [0.25, 0.3) is 0 Å². The lowest BCUT2D eigenvalue weighted by atomic mass is 10.2. The number of benzene rings is 1. The van der Waals surface area contributed by atoms with Crippen molar-refractivity contribution < 1.29 is 14.7 Å². The van der Waals surface area contributed by atoms with E-state index in [4.69, 9.17) is 16.7 Å². The van der Waals surface area contributed by atoms with Crippen LogP contribution in [0.2, 0.25) is 5.02 Å². The number of hydrogen-bond acceptors (Lipinski definition) is 4. The molecule has 6 heteroatoms. The molecule has 1 aromatic rings. The van der Waals surface area contributed by atoms with E-state index in [-0.39, 0.29) is 23.5 Å². The average Bonchev–Trinajstić information content (AvgIpc) is 2.36. The predicted molar refractivity (Wildman–Crippen MR) is 72.9 cm³/mol. The maximum atomic E-state index is 11.6. The van der Waals surface area contributed by atoms with Crippen LogP contribution in [0.1, 0.15) is 17.3 Å². The smallest absolute Gasteiger partial charge is 0.257 e.